The Kier molecular flexibility index (Phi) is 2.69. The number of azo groups is 1. The molecule has 0 aromatic heterocycles. The fourth-order valence-electron chi connectivity index (χ4n) is 3.60. The Morgan fingerprint density at radius 1 is 1.11 bits per heavy atom. The first-order valence-corrected chi connectivity index (χ1v) is 8.34. The van der Waals surface area contributed by atoms with Gasteiger partial charge in [-0.25, -0.2) is 0 Å². The van der Waals surface area contributed by atoms with Gasteiger partial charge in [-0.1, -0.05) is 38.5 Å². The molecule has 94 valence electrons. The molecule has 6 atom stereocenters. The summed E-state index contributed by atoms with van der Waals surface area (Å²) in [4.78, 5) is 0. The Bertz CT molecular complexity index is 503. The van der Waals surface area contributed by atoms with E-state index in [9.17, 15) is 0 Å². The minimum absolute atomic E-state index is 0.508. The standard InChI is InChI=1S/C13H13BrIN3/c14-6-1-3-7(4-2-6)16-11-9-5-8(10(11)15)12-13(9)18-17-12/h1-4,8-13,16H,5H2/t8-,9+,10?,11?,12-,13+/m0/s1. The van der Waals surface area contributed by atoms with Crippen LogP contribution in [0.2, 0.25) is 0 Å². The minimum Gasteiger partial charge on any atom is -0.381 e. The van der Waals surface area contributed by atoms with E-state index in [0.29, 0.717) is 28.0 Å². The fraction of sp³-hybridized carbons (Fsp3) is 0.538. The van der Waals surface area contributed by atoms with Crippen LogP contribution in [0.15, 0.2) is 39.0 Å². The molecule has 18 heavy (non-hydrogen) atoms. The average Bonchev–Trinajstić information content (AvgIpc) is 2.73. The largest absolute Gasteiger partial charge is 0.381 e. The third-order valence-electron chi connectivity index (χ3n) is 4.50. The maximum Gasteiger partial charge on any atom is 0.100 e. The van der Waals surface area contributed by atoms with Crippen molar-refractivity contribution in [2.24, 2.45) is 22.1 Å². The van der Waals surface area contributed by atoms with Crippen LogP contribution < -0.4 is 5.32 Å². The van der Waals surface area contributed by atoms with E-state index in [1.54, 1.807) is 0 Å². The number of rotatable bonds is 2. The Balaban J connectivity index is 1.56. The van der Waals surface area contributed by atoms with Crippen molar-refractivity contribution in [3.63, 3.8) is 0 Å². The highest BCUT2D eigenvalue weighted by Gasteiger charge is 2.61. The van der Waals surface area contributed by atoms with Gasteiger partial charge >= 0.3 is 0 Å². The molecule has 3 nitrogen and oxygen atoms in total. The molecule has 5 heteroatoms. The summed E-state index contributed by atoms with van der Waals surface area (Å²) in [6.07, 6.45) is 1.30. The van der Waals surface area contributed by atoms with E-state index in [-0.39, 0.29) is 0 Å². The third-order valence-corrected chi connectivity index (χ3v) is 6.72. The molecule has 2 saturated carbocycles. The number of anilines is 1. The van der Waals surface area contributed by atoms with Gasteiger partial charge in [0.2, 0.25) is 0 Å². The van der Waals surface area contributed by atoms with Crippen LogP contribution in [0, 0.1) is 11.8 Å². The average molecular weight is 418 g/mol. The Morgan fingerprint density at radius 3 is 2.44 bits per heavy atom. The monoisotopic (exact) mass is 417 g/mol. The van der Waals surface area contributed by atoms with Gasteiger partial charge in [-0.15, -0.1) is 0 Å². The highest BCUT2D eigenvalue weighted by atomic mass is 127. The summed E-state index contributed by atoms with van der Waals surface area (Å²) in [5.41, 5.74) is 1.21. The maximum absolute atomic E-state index is 4.33. The van der Waals surface area contributed by atoms with E-state index in [1.165, 1.54) is 12.1 Å². The first-order valence-electron chi connectivity index (χ1n) is 6.30. The number of fused-ring (bicyclic) bond motifs is 5. The van der Waals surface area contributed by atoms with Crippen molar-refractivity contribution in [3.05, 3.63) is 28.7 Å². The summed E-state index contributed by atoms with van der Waals surface area (Å²) >= 11 is 6.08. The normalized spacial score (nSPS) is 43.7. The van der Waals surface area contributed by atoms with E-state index in [0.717, 1.165) is 10.4 Å². The first kappa shape index (κ1) is 11.6. The van der Waals surface area contributed by atoms with Gasteiger partial charge in [-0.05, 0) is 36.6 Å². The molecule has 2 bridgehead atoms. The predicted molar refractivity (Wildman–Crippen MR) is 83.4 cm³/mol. The highest BCUT2D eigenvalue weighted by Crippen LogP contribution is 2.54. The number of hydrogen-bond donors (Lipinski definition) is 1. The molecule has 0 radical (unpaired) electrons. The Labute approximate surface area is 128 Å². The molecule has 1 aliphatic heterocycles. The second-order valence-corrected chi connectivity index (χ2v) is 7.75. The van der Waals surface area contributed by atoms with Gasteiger partial charge in [0.05, 0.1) is 6.04 Å². The smallest absolute Gasteiger partial charge is 0.100 e. The van der Waals surface area contributed by atoms with Crippen molar-refractivity contribution in [2.75, 3.05) is 5.32 Å². The summed E-state index contributed by atoms with van der Waals surface area (Å²) in [6, 6.07) is 10.1. The van der Waals surface area contributed by atoms with Crippen molar-refractivity contribution in [3.8, 4) is 0 Å². The lowest BCUT2D eigenvalue weighted by Crippen LogP contribution is -2.50. The molecule has 1 aromatic carbocycles. The molecular formula is C13H13BrIN3. The third kappa shape index (κ3) is 1.59. The van der Waals surface area contributed by atoms with Crippen LogP contribution >= 0.6 is 38.5 Å². The SMILES string of the molecule is Brc1ccc(NC2C(I)[C@@H]3C[C@H]2[C@H]2N=N[C@H]23)cc1. The molecule has 4 rings (SSSR count). The molecule has 0 spiro atoms. The lowest BCUT2D eigenvalue weighted by molar-refractivity contribution is 0.280. The van der Waals surface area contributed by atoms with Crippen LogP contribution in [0.1, 0.15) is 6.42 Å². The lowest BCUT2D eigenvalue weighted by atomic mass is 9.86. The van der Waals surface area contributed by atoms with Crippen molar-refractivity contribution < 1.29 is 0 Å². The zero-order chi connectivity index (χ0) is 12.3. The molecule has 1 heterocycles. The first-order chi connectivity index (χ1) is 8.74. The van der Waals surface area contributed by atoms with E-state index in [1.807, 2.05) is 0 Å². The number of nitrogens with one attached hydrogen (secondary N) is 1. The summed E-state index contributed by atoms with van der Waals surface area (Å²) in [6.45, 7) is 0. The Morgan fingerprint density at radius 2 is 1.78 bits per heavy atom. The predicted octanol–water partition coefficient (Wildman–Crippen LogP) is 3.89. The van der Waals surface area contributed by atoms with Crippen LogP contribution in [0.4, 0.5) is 5.69 Å². The van der Waals surface area contributed by atoms with Crippen LogP contribution in [-0.2, 0) is 0 Å². The van der Waals surface area contributed by atoms with Gasteiger partial charge in [-0.2, -0.15) is 10.2 Å². The molecule has 2 fully saturated rings. The zero-order valence-electron chi connectivity index (χ0n) is 9.63. The second-order valence-electron chi connectivity index (χ2n) is 5.40. The topological polar surface area (TPSA) is 36.8 Å². The summed E-state index contributed by atoms with van der Waals surface area (Å²) in [7, 11) is 0. The number of nitrogens with zero attached hydrogens (tertiary/aromatic N) is 2. The van der Waals surface area contributed by atoms with E-state index >= 15 is 0 Å². The number of halogens is 2. The van der Waals surface area contributed by atoms with Crippen molar-refractivity contribution in [1.29, 1.82) is 0 Å². The lowest BCUT2D eigenvalue weighted by Gasteiger charge is -2.39. The maximum atomic E-state index is 4.33. The van der Waals surface area contributed by atoms with E-state index < -0.39 is 0 Å². The zero-order valence-corrected chi connectivity index (χ0v) is 13.4. The summed E-state index contributed by atoms with van der Waals surface area (Å²) in [5.74, 6) is 1.43. The molecule has 1 aromatic rings. The van der Waals surface area contributed by atoms with Gasteiger partial charge in [0.1, 0.15) is 6.04 Å². The van der Waals surface area contributed by atoms with Crippen LogP contribution in [0.25, 0.3) is 0 Å². The van der Waals surface area contributed by atoms with Gasteiger partial charge in [-0.3, -0.25) is 0 Å². The van der Waals surface area contributed by atoms with Gasteiger partial charge in [0.25, 0.3) is 0 Å². The molecule has 0 saturated heterocycles. The molecule has 0 amide bonds. The number of alkyl halides is 1. The quantitative estimate of drug-likeness (QED) is 0.575. The molecule has 2 aliphatic carbocycles. The summed E-state index contributed by atoms with van der Waals surface area (Å²) < 4.78 is 1.80. The number of benzene rings is 1. The van der Waals surface area contributed by atoms with Crippen molar-refractivity contribution in [2.45, 2.75) is 28.5 Å². The van der Waals surface area contributed by atoms with Crippen LogP contribution in [0.3, 0.4) is 0 Å². The van der Waals surface area contributed by atoms with Crippen molar-refractivity contribution >= 4 is 44.2 Å². The fourth-order valence-corrected chi connectivity index (χ4v) is 5.29. The number of hydrogen-bond acceptors (Lipinski definition) is 3. The van der Waals surface area contributed by atoms with E-state index in [4.69, 9.17) is 0 Å². The molecular weight excluding hydrogens is 405 g/mol. The molecule has 2 unspecified atom stereocenters. The second kappa shape index (κ2) is 4.16. The van der Waals surface area contributed by atoms with Crippen LogP contribution in [0.5, 0.6) is 0 Å². The van der Waals surface area contributed by atoms with E-state index in [2.05, 4.69) is 78.3 Å². The highest BCUT2D eigenvalue weighted by molar-refractivity contribution is 14.1. The minimum atomic E-state index is 0.508. The van der Waals surface area contributed by atoms with Gasteiger partial charge < -0.3 is 5.32 Å². The van der Waals surface area contributed by atoms with Crippen LogP contribution in [-0.4, -0.2) is 22.1 Å². The molecule has 1 N–H and O–H groups in total. The summed E-state index contributed by atoms with van der Waals surface area (Å²) in [5, 5.41) is 12.3. The van der Waals surface area contributed by atoms with Crippen molar-refractivity contribution in [1.82, 2.24) is 0 Å². The Hall–Kier alpha value is -0.170. The van der Waals surface area contributed by atoms with Gasteiger partial charge in [0, 0.05) is 26.0 Å². The van der Waals surface area contributed by atoms with Gasteiger partial charge in [0.15, 0.2) is 0 Å². The molecule has 3 aliphatic rings.